The van der Waals surface area contributed by atoms with Crippen LogP contribution >= 0.6 is 0 Å². The van der Waals surface area contributed by atoms with Crippen molar-refractivity contribution in [2.24, 2.45) is 0 Å². The molecule has 106 valence electrons. The molecule has 1 heterocycles. The Morgan fingerprint density at radius 3 is 2.32 bits per heavy atom. The number of benzene rings is 1. The molecule has 1 saturated heterocycles. The van der Waals surface area contributed by atoms with Crippen molar-refractivity contribution >= 4 is 10.0 Å². The number of sulfonamides is 1. The van der Waals surface area contributed by atoms with E-state index in [1.54, 1.807) is 35.6 Å². The molecule has 0 bridgehead atoms. The molecule has 1 aromatic rings. The first-order valence-electron chi connectivity index (χ1n) is 6.81. The van der Waals surface area contributed by atoms with Crippen LogP contribution in [0.5, 0.6) is 0 Å². The van der Waals surface area contributed by atoms with Gasteiger partial charge in [0.25, 0.3) is 0 Å². The second-order valence-electron chi connectivity index (χ2n) is 5.00. The van der Waals surface area contributed by atoms with Crippen molar-refractivity contribution in [2.45, 2.75) is 30.7 Å². The maximum atomic E-state index is 12.5. The summed E-state index contributed by atoms with van der Waals surface area (Å²) in [6, 6.07) is 8.80. The zero-order chi connectivity index (χ0) is 13.9. The molecule has 2 rings (SSSR count). The van der Waals surface area contributed by atoms with Gasteiger partial charge >= 0.3 is 0 Å². The molecule has 1 aliphatic heterocycles. The topological polar surface area (TPSA) is 40.6 Å². The zero-order valence-electron chi connectivity index (χ0n) is 11.6. The number of rotatable bonds is 4. The third kappa shape index (κ3) is 3.16. The average molecular weight is 282 g/mol. The molecule has 0 spiro atoms. The van der Waals surface area contributed by atoms with E-state index in [0.717, 1.165) is 32.5 Å². The van der Waals surface area contributed by atoms with Crippen LogP contribution in [-0.2, 0) is 10.0 Å². The Morgan fingerprint density at radius 2 is 1.79 bits per heavy atom. The molecule has 0 N–H and O–H groups in total. The fourth-order valence-corrected chi connectivity index (χ4v) is 3.99. The summed E-state index contributed by atoms with van der Waals surface area (Å²) in [6.45, 7) is 5.15. The lowest BCUT2D eigenvalue weighted by atomic mass is 10.1. The maximum absolute atomic E-state index is 12.5. The molecule has 1 aliphatic rings. The zero-order valence-corrected chi connectivity index (χ0v) is 12.4. The van der Waals surface area contributed by atoms with Crippen molar-refractivity contribution < 1.29 is 8.42 Å². The minimum atomic E-state index is -3.35. The molecule has 0 aromatic heterocycles. The van der Waals surface area contributed by atoms with Crippen LogP contribution in [0.4, 0.5) is 0 Å². The van der Waals surface area contributed by atoms with Crippen LogP contribution < -0.4 is 0 Å². The summed E-state index contributed by atoms with van der Waals surface area (Å²) in [5.74, 6) is 0. The highest BCUT2D eigenvalue weighted by molar-refractivity contribution is 7.89. The number of hydrogen-bond donors (Lipinski definition) is 0. The van der Waals surface area contributed by atoms with Crippen molar-refractivity contribution in [1.82, 2.24) is 9.21 Å². The molecule has 0 saturated carbocycles. The first-order valence-corrected chi connectivity index (χ1v) is 8.25. The molecule has 4 nitrogen and oxygen atoms in total. The van der Waals surface area contributed by atoms with Crippen LogP contribution in [0.15, 0.2) is 35.2 Å². The Kier molecular flexibility index (Phi) is 4.60. The molecular weight excluding hydrogens is 260 g/mol. The molecule has 0 unspecified atom stereocenters. The summed E-state index contributed by atoms with van der Waals surface area (Å²) in [5, 5.41) is 0. The predicted molar refractivity (Wildman–Crippen MR) is 76.5 cm³/mol. The highest BCUT2D eigenvalue weighted by Gasteiger charge is 2.30. The fourth-order valence-electron chi connectivity index (χ4n) is 2.55. The van der Waals surface area contributed by atoms with Gasteiger partial charge in [0.05, 0.1) is 4.90 Å². The van der Waals surface area contributed by atoms with E-state index >= 15 is 0 Å². The van der Waals surface area contributed by atoms with E-state index in [-0.39, 0.29) is 6.04 Å². The van der Waals surface area contributed by atoms with Gasteiger partial charge in [-0.1, -0.05) is 25.1 Å². The third-order valence-corrected chi connectivity index (χ3v) is 5.86. The lowest BCUT2D eigenvalue weighted by molar-refractivity contribution is 0.176. The van der Waals surface area contributed by atoms with Crippen molar-refractivity contribution in [3.05, 3.63) is 30.3 Å². The van der Waals surface area contributed by atoms with Crippen molar-refractivity contribution in [2.75, 3.05) is 26.7 Å². The van der Waals surface area contributed by atoms with Crippen LogP contribution in [0.2, 0.25) is 0 Å². The van der Waals surface area contributed by atoms with Gasteiger partial charge in [0, 0.05) is 13.1 Å². The van der Waals surface area contributed by atoms with Crippen molar-refractivity contribution in [1.29, 1.82) is 0 Å². The van der Waals surface area contributed by atoms with Gasteiger partial charge in [-0.05, 0) is 44.6 Å². The van der Waals surface area contributed by atoms with E-state index in [0.29, 0.717) is 4.90 Å². The number of nitrogens with zero attached hydrogens (tertiary/aromatic N) is 2. The lowest BCUT2D eigenvalue weighted by Gasteiger charge is -2.35. The van der Waals surface area contributed by atoms with Gasteiger partial charge in [-0.15, -0.1) is 0 Å². The van der Waals surface area contributed by atoms with Gasteiger partial charge in [0.2, 0.25) is 10.0 Å². The van der Waals surface area contributed by atoms with Gasteiger partial charge < -0.3 is 4.90 Å². The first kappa shape index (κ1) is 14.5. The van der Waals surface area contributed by atoms with E-state index in [2.05, 4.69) is 11.8 Å². The first-order chi connectivity index (χ1) is 9.05. The van der Waals surface area contributed by atoms with Gasteiger partial charge in [0.15, 0.2) is 0 Å². The van der Waals surface area contributed by atoms with Gasteiger partial charge in [-0.2, -0.15) is 4.31 Å². The summed E-state index contributed by atoms with van der Waals surface area (Å²) < 4.78 is 26.5. The van der Waals surface area contributed by atoms with Crippen LogP contribution in [-0.4, -0.2) is 50.3 Å². The molecule has 0 atom stereocenters. The van der Waals surface area contributed by atoms with E-state index in [9.17, 15) is 8.42 Å². The number of piperidine rings is 1. The van der Waals surface area contributed by atoms with E-state index in [1.807, 2.05) is 6.07 Å². The Labute approximate surface area is 116 Å². The summed E-state index contributed by atoms with van der Waals surface area (Å²) in [5.41, 5.74) is 0. The highest BCUT2D eigenvalue weighted by atomic mass is 32.2. The van der Waals surface area contributed by atoms with Gasteiger partial charge in [-0.25, -0.2) is 8.42 Å². The standard InChI is InChI=1S/C14H22N2O2S/c1-3-16-11-9-13(10-12-16)15(2)19(17,18)14-7-5-4-6-8-14/h4-8,13H,3,9-12H2,1-2H3. The predicted octanol–water partition coefficient (Wildman–Crippen LogP) is 1.79. The van der Waals surface area contributed by atoms with E-state index in [4.69, 9.17) is 0 Å². The lowest BCUT2D eigenvalue weighted by Crippen LogP contribution is -2.45. The second-order valence-corrected chi connectivity index (χ2v) is 7.00. The largest absolute Gasteiger partial charge is 0.303 e. The SMILES string of the molecule is CCN1CCC(N(C)S(=O)(=O)c2ccccc2)CC1. The van der Waals surface area contributed by atoms with Crippen LogP contribution in [0.1, 0.15) is 19.8 Å². The number of likely N-dealkylation sites (tertiary alicyclic amines) is 1. The Morgan fingerprint density at radius 1 is 1.21 bits per heavy atom. The summed E-state index contributed by atoms with van der Waals surface area (Å²) in [7, 11) is -1.65. The van der Waals surface area contributed by atoms with Crippen molar-refractivity contribution in [3.63, 3.8) is 0 Å². The minimum Gasteiger partial charge on any atom is -0.303 e. The van der Waals surface area contributed by atoms with E-state index < -0.39 is 10.0 Å². The molecule has 5 heteroatoms. The molecule has 0 aliphatic carbocycles. The normalized spacial score (nSPS) is 18.9. The summed E-state index contributed by atoms with van der Waals surface area (Å²) >= 11 is 0. The molecule has 1 fully saturated rings. The third-order valence-electron chi connectivity index (χ3n) is 3.94. The Hall–Kier alpha value is -0.910. The molecular formula is C14H22N2O2S. The molecule has 1 aromatic carbocycles. The summed E-state index contributed by atoms with van der Waals surface area (Å²) in [4.78, 5) is 2.75. The van der Waals surface area contributed by atoms with Crippen LogP contribution in [0.3, 0.4) is 0 Å². The smallest absolute Gasteiger partial charge is 0.243 e. The van der Waals surface area contributed by atoms with Crippen LogP contribution in [0, 0.1) is 0 Å². The van der Waals surface area contributed by atoms with Crippen molar-refractivity contribution in [3.8, 4) is 0 Å². The second kappa shape index (κ2) is 6.03. The number of hydrogen-bond acceptors (Lipinski definition) is 3. The maximum Gasteiger partial charge on any atom is 0.243 e. The van der Waals surface area contributed by atoms with E-state index in [1.165, 1.54) is 0 Å². The molecule has 0 radical (unpaired) electrons. The fraction of sp³-hybridized carbons (Fsp3) is 0.571. The Bertz CT molecular complexity index is 493. The van der Waals surface area contributed by atoms with Gasteiger partial charge in [-0.3, -0.25) is 0 Å². The van der Waals surface area contributed by atoms with Crippen LogP contribution in [0.25, 0.3) is 0 Å². The average Bonchev–Trinajstić information content (AvgIpc) is 2.47. The molecule has 0 amide bonds. The molecule has 19 heavy (non-hydrogen) atoms. The Balaban J connectivity index is 2.10. The highest BCUT2D eigenvalue weighted by Crippen LogP contribution is 2.22. The van der Waals surface area contributed by atoms with Gasteiger partial charge in [0.1, 0.15) is 0 Å². The monoisotopic (exact) mass is 282 g/mol. The quantitative estimate of drug-likeness (QED) is 0.845. The minimum absolute atomic E-state index is 0.119. The summed E-state index contributed by atoms with van der Waals surface area (Å²) in [6.07, 6.45) is 1.83.